The van der Waals surface area contributed by atoms with E-state index in [1.165, 1.54) is 5.57 Å². The van der Waals surface area contributed by atoms with Crippen LogP contribution in [-0.2, 0) is 17.8 Å². The highest BCUT2D eigenvalue weighted by atomic mass is 16.6. The van der Waals surface area contributed by atoms with Crippen LogP contribution in [0.5, 0.6) is 5.75 Å². The molecule has 1 aromatic carbocycles. The molecule has 2 rings (SSSR count). The van der Waals surface area contributed by atoms with Gasteiger partial charge >= 0.3 is 0 Å². The molecule has 21 heavy (non-hydrogen) atoms. The standard InChI is InChI=1S/C17H25NO3/c1-5-10(2)7-6-8-12-15(18)14-13(9-21-17(14)19)11(3)16(12)20-4/h5,17,19H,6-9,18H2,1-4H3/b10-5+. The number of hydrogen-bond acceptors (Lipinski definition) is 4. The van der Waals surface area contributed by atoms with Gasteiger partial charge in [0, 0.05) is 16.8 Å². The fourth-order valence-corrected chi connectivity index (χ4v) is 2.94. The van der Waals surface area contributed by atoms with Gasteiger partial charge in [0.1, 0.15) is 5.75 Å². The maximum atomic E-state index is 9.97. The minimum atomic E-state index is -0.916. The summed E-state index contributed by atoms with van der Waals surface area (Å²) in [6.45, 7) is 6.57. The molecule has 1 aliphatic rings. The van der Waals surface area contributed by atoms with Crippen LogP contribution in [0.4, 0.5) is 5.69 Å². The fourth-order valence-electron chi connectivity index (χ4n) is 2.94. The number of fused-ring (bicyclic) bond motifs is 1. The summed E-state index contributed by atoms with van der Waals surface area (Å²) in [5, 5.41) is 9.97. The second-order valence-electron chi connectivity index (χ2n) is 5.59. The first-order valence-electron chi connectivity index (χ1n) is 7.40. The highest BCUT2D eigenvalue weighted by Crippen LogP contribution is 2.43. The van der Waals surface area contributed by atoms with E-state index in [9.17, 15) is 5.11 Å². The average molecular weight is 291 g/mol. The Bertz CT molecular complexity index is 564. The van der Waals surface area contributed by atoms with E-state index in [1.807, 2.05) is 6.92 Å². The summed E-state index contributed by atoms with van der Waals surface area (Å²) in [5.41, 5.74) is 12.0. The second-order valence-corrected chi connectivity index (χ2v) is 5.59. The molecule has 1 aromatic rings. The summed E-state index contributed by atoms with van der Waals surface area (Å²) in [4.78, 5) is 0. The molecule has 0 aromatic heterocycles. The van der Waals surface area contributed by atoms with Crippen LogP contribution in [0.1, 0.15) is 55.2 Å². The van der Waals surface area contributed by atoms with Gasteiger partial charge in [-0.1, -0.05) is 11.6 Å². The topological polar surface area (TPSA) is 64.7 Å². The SMILES string of the molecule is C/C=C(\C)CCCc1c(N)c2c(c(C)c1OC)COC2O. The van der Waals surface area contributed by atoms with Crippen LogP contribution in [0, 0.1) is 6.92 Å². The van der Waals surface area contributed by atoms with E-state index < -0.39 is 6.29 Å². The lowest BCUT2D eigenvalue weighted by Crippen LogP contribution is -2.08. The van der Waals surface area contributed by atoms with Crippen molar-refractivity contribution in [1.82, 2.24) is 0 Å². The summed E-state index contributed by atoms with van der Waals surface area (Å²) in [6, 6.07) is 0. The largest absolute Gasteiger partial charge is 0.496 e. The number of ether oxygens (including phenoxy) is 2. The van der Waals surface area contributed by atoms with E-state index >= 15 is 0 Å². The molecule has 0 saturated heterocycles. The predicted molar refractivity (Wildman–Crippen MR) is 84.3 cm³/mol. The van der Waals surface area contributed by atoms with Crippen molar-refractivity contribution in [2.45, 2.75) is 52.9 Å². The molecular formula is C17H25NO3. The molecule has 0 fully saturated rings. The lowest BCUT2D eigenvalue weighted by molar-refractivity contribution is -0.0915. The monoisotopic (exact) mass is 291 g/mol. The Morgan fingerprint density at radius 2 is 2.24 bits per heavy atom. The average Bonchev–Trinajstić information content (AvgIpc) is 2.86. The first kappa shape index (κ1) is 15.9. The van der Waals surface area contributed by atoms with Crippen molar-refractivity contribution in [3.63, 3.8) is 0 Å². The summed E-state index contributed by atoms with van der Waals surface area (Å²) >= 11 is 0. The van der Waals surface area contributed by atoms with Crippen molar-refractivity contribution < 1.29 is 14.6 Å². The molecule has 3 N–H and O–H groups in total. The van der Waals surface area contributed by atoms with Crippen LogP contribution in [0.2, 0.25) is 0 Å². The zero-order chi connectivity index (χ0) is 15.6. The van der Waals surface area contributed by atoms with Crippen molar-refractivity contribution in [1.29, 1.82) is 0 Å². The molecule has 0 aliphatic carbocycles. The Balaban J connectivity index is 2.36. The molecule has 1 atom stereocenters. The van der Waals surface area contributed by atoms with E-state index in [0.717, 1.165) is 47.3 Å². The predicted octanol–water partition coefficient (Wildman–Crippen LogP) is 3.40. The van der Waals surface area contributed by atoms with E-state index in [2.05, 4.69) is 19.9 Å². The maximum Gasteiger partial charge on any atom is 0.183 e. The molecule has 0 amide bonds. The van der Waals surface area contributed by atoms with Gasteiger partial charge < -0.3 is 20.3 Å². The van der Waals surface area contributed by atoms with Crippen molar-refractivity contribution in [3.05, 3.63) is 33.9 Å². The van der Waals surface area contributed by atoms with Gasteiger partial charge in [-0.05, 0) is 51.2 Å². The third kappa shape index (κ3) is 2.92. The third-order valence-corrected chi connectivity index (χ3v) is 4.34. The quantitative estimate of drug-likeness (QED) is 0.644. The first-order chi connectivity index (χ1) is 10.0. The van der Waals surface area contributed by atoms with Crippen LogP contribution in [0.25, 0.3) is 0 Å². The molecule has 0 radical (unpaired) electrons. The van der Waals surface area contributed by atoms with Gasteiger partial charge in [0.05, 0.1) is 13.7 Å². The number of rotatable bonds is 5. The number of anilines is 1. The van der Waals surface area contributed by atoms with Crippen LogP contribution >= 0.6 is 0 Å². The summed E-state index contributed by atoms with van der Waals surface area (Å²) in [5.74, 6) is 0.835. The number of nitrogen functional groups attached to an aromatic ring is 1. The van der Waals surface area contributed by atoms with Gasteiger partial charge in [-0.3, -0.25) is 0 Å². The Morgan fingerprint density at radius 1 is 1.52 bits per heavy atom. The minimum Gasteiger partial charge on any atom is -0.496 e. The lowest BCUT2D eigenvalue weighted by Gasteiger charge is -2.19. The summed E-state index contributed by atoms with van der Waals surface area (Å²) < 4.78 is 10.9. The number of nitrogens with two attached hydrogens (primary N) is 1. The van der Waals surface area contributed by atoms with E-state index in [-0.39, 0.29) is 0 Å². The van der Waals surface area contributed by atoms with Crippen LogP contribution in [0.3, 0.4) is 0 Å². The molecule has 0 spiro atoms. The number of hydrogen-bond donors (Lipinski definition) is 2. The number of benzene rings is 1. The van der Waals surface area contributed by atoms with Gasteiger partial charge in [0.2, 0.25) is 0 Å². The number of methoxy groups -OCH3 is 1. The van der Waals surface area contributed by atoms with Crippen molar-refractivity contribution in [2.24, 2.45) is 0 Å². The van der Waals surface area contributed by atoms with Crippen LogP contribution in [-0.4, -0.2) is 12.2 Å². The number of aliphatic hydroxyl groups is 1. The van der Waals surface area contributed by atoms with Gasteiger partial charge in [0.15, 0.2) is 6.29 Å². The molecule has 0 bridgehead atoms. The van der Waals surface area contributed by atoms with Crippen LogP contribution in [0.15, 0.2) is 11.6 Å². The summed E-state index contributed by atoms with van der Waals surface area (Å²) in [6.07, 6.45) is 4.09. The summed E-state index contributed by atoms with van der Waals surface area (Å²) in [7, 11) is 1.67. The molecule has 1 heterocycles. The van der Waals surface area contributed by atoms with Gasteiger partial charge in [-0.25, -0.2) is 0 Å². The Hall–Kier alpha value is -1.52. The zero-order valence-corrected chi connectivity index (χ0v) is 13.3. The Morgan fingerprint density at radius 3 is 2.86 bits per heavy atom. The van der Waals surface area contributed by atoms with Crippen molar-refractivity contribution >= 4 is 5.69 Å². The second kappa shape index (κ2) is 6.50. The number of aliphatic hydroxyl groups excluding tert-OH is 1. The third-order valence-electron chi connectivity index (χ3n) is 4.34. The van der Waals surface area contributed by atoms with Crippen molar-refractivity contribution in [3.8, 4) is 5.75 Å². The molecule has 4 heteroatoms. The molecule has 4 nitrogen and oxygen atoms in total. The van der Waals surface area contributed by atoms with Gasteiger partial charge in [0.25, 0.3) is 0 Å². The molecular weight excluding hydrogens is 266 g/mol. The lowest BCUT2D eigenvalue weighted by atomic mass is 9.92. The van der Waals surface area contributed by atoms with E-state index in [1.54, 1.807) is 7.11 Å². The normalized spacial score (nSPS) is 18.0. The number of allylic oxidation sites excluding steroid dienone is 2. The highest BCUT2D eigenvalue weighted by molar-refractivity contribution is 5.67. The molecule has 0 saturated carbocycles. The van der Waals surface area contributed by atoms with Gasteiger partial charge in [-0.15, -0.1) is 0 Å². The molecule has 1 aliphatic heterocycles. The first-order valence-corrected chi connectivity index (χ1v) is 7.40. The Kier molecular flexibility index (Phi) is 4.91. The van der Waals surface area contributed by atoms with E-state index in [4.69, 9.17) is 15.2 Å². The minimum absolute atomic E-state index is 0.390. The van der Waals surface area contributed by atoms with Gasteiger partial charge in [-0.2, -0.15) is 0 Å². The molecule has 1 unspecified atom stereocenters. The van der Waals surface area contributed by atoms with Crippen LogP contribution < -0.4 is 10.5 Å². The maximum absolute atomic E-state index is 9.97. The van der Waals surface area contributed by atoms with Crippen molar-refractivity contribution in [2.75, 3.05) is 12.8 Å². The Labute approximate surface area is 126 Å². The van der Waals surface area contributed by atoms with E-state index in [0.29, 0.717) is 12.3 Å². The highest BCUT2D eigenvalue weighted by Gasteiger charge is 2.30. The zero-order valence-electron chi connectivity index (χ0n) is 13.3. The fraction of sp³-hybridized carbons (Fsp3) is 0.529. The molecule has 116 valence electrons. The smallest absolute Gasteiger partial charge is 0.183 e.